The van der Waals surface area contributed by atoms with E-state index in [1.54, 1.807) is 6.07 Å². The van der Waals surface area contributed by atoms with Crippen molar-refractivity contribution in [3.05, 3.63) is 47.8 Å². The normalized spacial score (nSPS) is 11.2. The van der Waals surface area contributed by atoms with Crippen LogP contribution in [-0.4, -0.2) is 10.2 Å². The van der Waals surface area contributed by atoms with E-state index in [4.69, 9.17) is 0 Å². The van der Waals surface area contributed by atoms with Gasteiger partial charge in [0.15, 0.2) is 11.6 Å². The molecule has 2 heterocycles. The van der Waals surface area contributed by atoms with Crippen molar-refractivity contribution in [3.8, 4) is 11.3 Å². The van der Waals surface area contributed by atoms with Gasteiger partial charge in [-0.1, -0.05) is 0 Å². The molecule has 1 aromatic carbocycles. The van der Waals surface area contributed by atoms with Crippen LogP contribution in [0.5, 0.6) is 0 Å². The lowest BCUT2D eigenvalue weighted by Crippen LogP contribution is -2.10. The average molecular weight is 422 g/mol. The summed E-state index contributed by atoms with van der Waals surface area (Å²) in [5.41, 5.74) is 0.509. The largest absolute Gasteiger partial charge is 0.272 e. The predicted molar refractivity (Wildman–Crippen MR) is 81.0 cm³/mol. The van der Waals surface area contributed by atoms with Gasteiger partial charge in [0.2, 0.25) is 0 Å². The zero-order valence-electron chi connectivity index (χ0n) is 9.51. The van der Waals surface area contributed by atoms with Gasteiger partial charge < -0.3 is 0 Å². The van der Waals surface area contributed by atoms with E-state index in [1.807, 2.05) is 0 Å². The molecule has 3 rings (SSSR count). The molecule has 0 unspecified atom stereocenters. The van der Waals surface area contributed by atoms with Crippen molar-refractivity contribution in [2.24, 2.45) is 0 Å². The first kappa shape index (κ1) is 13.8. The van der Waals surface area contributed by atoms with Crippen molar-refractivity contribution < 1.29 is 8.78 Å². The molecule has 0 saturated heterocycles. The van der Waals surface area contributed by atoms with E-state index in [9.17, 15) is 13.6 Å². The molecule has 2 aromatic heterocycles. The number of nitrogens with one attached hydrogen (secondary N) is 1. The molecule has 3 aromatic rings. The van der Waals surface area contributed by atoms with Crippen LogP contribution in [0.25, 0.3) is 22.0 Å². The molecule has 3 nitrogen and oxygen atoms in total. The summed E-state index contributed by atoms with van der Waals surface area (Å²) in [6.07, 6.45) is 0. The van der Waals surface area contributed by atoms with Crippen LogP contribution in [0.1, 0.15) is 0 Å². The summed E-state index contributed by atoms with van der Waals surface area (Å²) < 4.78 is 28.4. The molecule has 0 saturated carbocycles. The van der Waals surface area contributed by atoms with Gasteiger partial charge in [-0.05, 0) is 50.1 Å². The van der Waals surface area contributed by atoms with Crippen molar-refractivity contribution in [3.63, 3.8) is 0 Å². The van der Waals surface area contributed by atoms with Crippen LogP contribution >= 0.6 is 43.2 Å². The van der Waals surface area contributed by atoms with Gasteiger partial charge in [0.05, 0.1) is 13.0 Å². The van der Waals surface area contributed by atoms with E-state index >= 15 is 0 Å². The highest BCUT2D eigenvalue weighted by Gasteiger charge is 2.16. The molecule has 20 heavy (non-hydrogen) atoms. The quantitative estimate of drug-likeness (QED) is 0.630. The van der Waals surface area contributed by atoms with Crippen LogP contribution < -0.4 is 5.56 Å². The molecule has 0 radical (unpaired) electrons. The fraction of sp³-hybridized carbons (Fsp3) is 0. The van der Waals surface area contributed by atoms with Crippen LogP contribution in [0.4, 0.5) is 8.78 Å². The number of aromatic nitrogens is 2. The third-order valence-electron chi connectivity index (χ3n) is 2.74. The average Bonchev–Trinajstić information content (AvgIpc) is 2.71. The van der Waals surface area contributed by atoms with Crippen LogP contribution in [0.2, 0.25) is 0 Å². The molecular formula is C12H4Br2F2N2OS. The maximum atomic E-state index is 13.4. The van der Waals surface area contributed by atoms with Crippen molar-refractivity contribution in [2.75, 3.05) is 0 Å². The van der Waals surface area contributed by atoms with Crippen LogP contribution in [0.3, 0.4) is 0 Å². The number of hydrogen-bond acceptors (Lipinski definition) is 3. The lowest BCUT2D eigenvalue weighted by Gasteiger charge is -2.04. The number of H-pyrrole nitrogens is 1. The summed E-state index contributed by atoms with van der Waals surface area (Å²) in [5.74, 6) is -2.08. The number of aromatic amines is 1. The molecule has 1 N–H and O–H groups in total. The monoisotopic (exact) mass is 420 g/mol. The van der Waals surface area contributed by atoms with E-state index in [-0.39, 0.29) is 10.8 Å². The second-order valence-electron chi connectivity index (χ2n) is 3.95. The summed E-state index contributed by atoms with van der Waals surface area (Å²) in [6, 6.07) is 3.65. The Bertz CT molecular complexity index is 891. The minimum Gasteiger partial charge on any atom is -0.267 e. The standard InChI is InChI=1S/C12H4Br2F2N2OS/c13-9-3-6(11(14)20-9)10-4-1-7(15)8(16)2-5(4)12(19)18-17-10/h1-3H,(H,18,19). The smallest absolute Gasteiger partial charge is 0.267 e. The molecule has 0 spiro atoms. The second kappa shape index (κ2) is 5.01. The van der Waals surface area contributed by atoms with E-state index < -0.39 is 17.2 Å². The highest BCUT2D eigenvalue weighted by molar-refractivity contribution is 9.12. The highest BCUT2D eigenvalue weighted by Crippen LogP contribution is 2.39. The summed E-state index contributed by atoms with van der Waals surface area (Å²) >= 11 is 8.14. The highest BCUT2D eigenvalue weighted by atomic mass is 79.9. The van der Waals surface area contributed by atoms with Crippen LogP contribution in [0.15, 0.2) is 30.6 Å². The Labute approximate surface area is 131 Å². The summed E-state index contributed by atoms with van der Waals surface area (Å²) in [5, 5.41) is 6.57. The zero-order chi connectivity index (χ0) is 14.4. The summed E-state index contributed by atoms with van der Waals surface area (Å²) in [7, 11) is 0. The molecule has 0 aliphatic heterocycles. The van der Waals surface area contributed by atoms with E-state index in [0.717, 1.165) is 19.7 Å². The Hall–Kier alpha value is -1.12. The molecule has 102 valence electrons. The fourth-order valence-corrected chi connectivity index (χ4v) is 4.67. The van der Waals surface area contributed by atoms with Crippen LogP contribution in [-0.2, 0) is 0 Å². The van der Waals surface area contributed by atoms with Gasteiger partial charge in [0.25, 0.3) is 5.56 Å². The molecule has 0 aliphatic carbocycles. The number of hydrogen-bond donors (Lipinski definition) is 1. The van der Waals surface area contributed by atoms with Gasteiger partial charge in [-0.3, -0.25) is 4.79 Å². The number of thiophene rings is 1. The lowest BCUT2D eigenvalue weighted by molar-refractivity contribution is 0.511. The molecule has 0 fully saturated rings. The second-order valence-corrected chi connectivity index (χ2v) is 7.70. The Morgan fingerprint density at radius 1 is 1.10 bits per heavy atom. The first-order valence-corrected chi connectivity index (χ1v) is 7.70. The Morgan fingerprint density at radius 3 is 2.35 bits per heavy atom. The third-order valence-corrected chi connectivity index (χ3v) is 5.08. The Kier molecular flexibility index (Phi) is 3.47. The zero-order valence-corrected chi connectivity index (χ0v) is 13.5. The molecule has 0 aliphatic rings. The molecule has 0 amide bonds. The first-order chi connectivity index (χ1) is 9.47. The number of benzene rings is 1. The van der Waals surface area contributed by atoms with Gasteiger partial charge in [0, 0.05) is 10.9 Å². The first-order valence-electron chi connectivity index (χ1n) is 5.30. The van der Waals surface area contributed by atoms with E-state index in [2.05, 4.69) is 42.1 Å². The Balaban J connectivity index is 2.43. The predicted octanol–water partition coefficient (Wildman–Crippen LogP) is 4.45. The maximum Gasteiger partial charge on any atom is 0.272 e. The molecule has 8 heteroatoms. The van der Waals surface area contributed by atoms with Crippen molar-refractivity contribution >= 4 is 54.0 Å². The van der Waals surface area contributed by atoms with Gasteiger partial charge in [-0.15, -0.1) is 11.3 Å². The van der Waals surface area contributed by atoms with Gasteiger partial charge in [-0.25, -0.2) is 13.9 Å². The summed E-state index contributed by atoms with van der Waals surface area (Å²) in [6.45, 7) is 0. The van der Waals surface area contributed by atoms with E-state index in [0.29, 0.717) is 11.3 Å². The molecular weight excluding hydrogens is 418 g/mol. The third kappa shape index (κ3) is 2.21. The minimum atomic E-state index is -1.06. The van der Waals surface area contributed by atoms with Crippen molar-refractivity contribution in [1.82, 2.24) is 10.2 Å². The lowest BCUT2D eigenvalue weighted by atomic mass is 10.1. The van der Waals surface area contributed by atoms with Gasteiger partial charge in [0.1, 0.15) is 5.69 Å². The van der Waals surface area contributed by atoms with Crippen LogP contribution in [0, 0.1) is 11.6 Å². The molecule has 0 atom stereocenters. The van der Waals surface area contributed by atoms with Crippen molar-refractivity contribution in [1.29, 1.82) is 0 Å². The fourth-order valence-electron chi connectivity index (χ4n) is 1.86. The minimum absolute atomic E-state index is 0.0584. The number of nitrogens with zero attached hydrogens (tertiary/aromatic N) is 1. The SMILES string of the molecule is O=c1[nH]nc(-c2cc(Br)sc2Br)c2cc(F)c(F)cc12. The van der Waals surface area contributed by atoms with Gasteiger partial charge >= 0.3 is 0 Å². The Morgan fingerprint density at radius 2 is 1.75 bits per heavy atom. The topological polar surface area (TPSA) is 45.8 Å². The maximum absolute atomic E-state index is 13.4. The number of halogens is 4. The number of rotatable bonds is 1. The van der Waals surface area contributed by atoms with E-state index in [1.165, 1.54) is 11.3 Å². The molecule has 0 bridgehead atoms. The number of fused-ring (bicyclic) bond motifs is 1. The summed E-state index contributed by atoms with van der Waals surface area (Å²) in [4.78, 5) is 11.7. The van der Waals surface area contributed by atoms with Crippen molar-refractivity contribution in [2.45, 2.75) is 0 Å². The van der Waals surface area contributed by atoms with Gasteiger partial charge in [-0.2, -0.15) is 5.10 Å².